The monoisotopic (exact) mass is 289 g/mol. The summed E-state index contributed by atoms with van der Waals surface area (Å²) in [6.07, 6.45) is 5.94. The Bertz CT molecular complexity index is 515. The van der Waals surface area contributed by atoms with Crippen LogP contribution in [0.1, 0.15) is 36.8 Å². The molecule has 4 nitrogen and oxygen atoms in total. The predicted octanol–water partition coefficient (Wildman–Crippen LogP) is 1.83. The lowest BCUT2D eigenvalue weighted by Gasteiger charge is -2.12. The maximum atomic E-state index is 11.8. The van der Waals surface area contributed by atoms with Gasteiger partial charge in [-0.1, -0.05) is 6.07 Å². The van der Waals surface area contributed by atoms with Crippen molar-refractivity contribution in [1.82, 2.24) is 5.32 Å². The molecule has 0 aromatic heterocycles. The van der Waals surface area contributed by atoms with Crippen LogP contribution in [-0.4, -0.2) is 30.3 Å². The Morgan fingerprint density at radius 3 is 2.95 bits per heavy atom. The van der Waals surface area contributed by atoms with Crippen molar-refractivity contribution in [2.24, 2.45) is 5.92 Å². The maximum Gasteiger partial charge on any atom is 0.257 e. The van der Waals surface area contributed by atoms with Crippen LogP contribution in [0, 0.1) is 5.92 Å². The number of hydrogen-bond donors (Lipinski definition) is 2. The second kappa shape index (κ2) is 6.48. The van der Waals surface area contributed by atoms with Gasteiger partial charge in [0.25, 0.3) is 5.91 Å². The molecule has 2 N–H and O–H groups in total. The molecule has 1 aromatic carbocycles. The van der Waals surface area contributed by atoms with Gasteiger partial charge in [-0.3, -0.25) is 4.79 Å². The fraction of sp³-hybridized carbons (Fsp3) is 0.588. The van der Waals surface area contributed by atoms with Gasteiger partial charge >= 0.3 is 0 Å². The molecule has 1 fully saturated rings. The van der Waals surface area contributed by atoms with Crippen LogP contribution in [0.25, 0.3) is 0 Å². The molecular formula is C17H23NO3. The zero-order chi connectivity index (χ0) is 14.7. The smallest absolute Gasteiger partial charge is 0.257 e. The quantitative estimate of drug-likeness (QED) is 0.869. The number of fused-ring (bicyclic) bond motifs is 1. The lowest BCUT2D eigenvalue weighted by Crippen LogP contribution is -2.32. The average molecular weight is 289 g/mol. The van der Waals surface area contributed by atoms with E-state index in [9.17, 15) is 9.90 Å². The summed E-state index contributed by atoms with van der Waals surface area (Å²) in [7, 11) is 0. The molecule has 2 unspecified atom stereocenters. The summed E-state index contributed by atoms with van der Waals surface area (Å²) >= 11 is 0. The molecule has 0 aliphatic heterocycles. The number of nitrogens with one attached hydrogen (secondary N) is 1. The molecule has 3 rings (SSSR count). The highest BCUT2D eigenvalue weighted by Crippen LogP contribution is 2.26. The first kappa shape index (κ1) is 14.4. The van der Waals surface area contributed by atoms with E-state index in [0.717, 1.165) is 37.9 Å². The van der Waals surface area contributed by atoms with Gasteiger partial charge in [0, 0.05) is 6.54 Å². The molecule has 1 amide bonds. The van der Waals surface area contributed by atoms with Crippen LogP contribution >= 0.6 is 0 Å². The molecule has 2 atom stereocenters. The summed E-state index contributed by atoms with van der Waals surface area (Å²) in [5.41, 5.74) is 2.76. The molecule has 2 aliphatic carbocycles. The van der Waals surface area contributed by atoms with Crippen LogP contribution < -0.4 is 10.1 Å². The highest BCUT2D eigenvalue weighted by atomic mass is 16.5. The van der Waals surface area contributed by atoms with Crippen LogP contribution in [0.5, 0.6) is 5.75 Å². The normalized spacial score (nSPS) is 23.9. The lowest BCUT2D eigenvalue weighted by atomic mass is 10.1. The summed E-state index contributed by atoms with van der Waals surface area (Å²) in [6.45, 7) is 0.706. The molecule has 0 heterocycles. The van der Waals surface area contributed by atoms with Crippen molar-refractivity contribution in [1.29, 1.82) is 0 Å². The summed E-state index contributed by atoms with van der Waals surface area (Å²) < 4.78 is 5.57. The minimum atomic E-state index is -0.186. The first-order chi connectivity index (χ1) is 10.2. The van der Waals surface area contributed by atoms with Crippen LogP contribution in [-0.2, 0) is 17.6 Å². The van der Waals surface area contributed by atoms with Crippen molar-refractivity contribution >= 4 is 5.91 Å². The summed E-state index contributed by atoms with van der Waals surface area (Å²) in [5.74, 6) is 1.10. The number of hydrogen-bond acceptors (Lipinski definition) is 3. The number of benzene rings is 1. The van der Waals surface area contributed by atoms with Crippen molar-refractivity contribution in [2.75, 3.05) is 13.2 Å². The standard InChI is InChI=1S/C17H23NO3/c19-15-6-4-12(8-15)10-18-17(20)11-21-16-7-5-13-2-1-3-14(13)9-16/h5,7,9,12,15,19H,1-4,6,8,10-11H2,(H,18,20). The average Bonchev–Trinajstić information content (AvgIpc) is 3.10. The van der Waals surface area contributed by atoms with Gasteiger partial charge in [0.15, 0.2) is 6.61 Å². The molecule has 0 spiro atoms. The number of aliphatic hydroxyl groups excluding tert-OH is 1. The minimum Gasteiger partial charge on any atom is -0.484 e. The van der Waals surface area contributed by atoms with E-state index in [0.29, 0.717) is 12.5 Å². The second-order valence-corrected chi connectivity index (χ2v) is 6.21. The van der Waals surface area contributed by atoms with Gasteiger partial charge in [-0.15, -0.1) is 0 Å². The Balaban J connectivity index is 1.41. The van der Waals surface area contributed by atoms with Gasteiger partial charge in [-0.25, -0.2) is 0 Å². The number of aryl methyl sites for hydroxylation is 2. The number of amides is 1. The molecule has 0 radical (unpaired) electrons. The van der Waals surface area contributed by atoms with Gasteiger partial charge in [0.2, 0.25) is 0 Å². The SMILES string of the molecule is O=C(COc1ccc2c(c1)CCC2)NCC1CCC(O)C1. The number of aliphatic hydroxyl groups is 1. The number of rotatable bonds is 5. The van der Waals surface area contributed by atoms with Gasteiger partial charge in [0.05, 0.1) is 6.10 Å². The lowest BCUT2D eigenvalue weighted by molar-refractivity contribution is -0.123. The molecule has 0 bridgehead atoms. The number of carbonyl (C=O) groups excluding carboxylic acids is 1. The van der Waals surface area contributed by atoms with E-state index in [2.05, 4.69) is 17.4 Å². The van der Waals surface area contributed by atoms with Crippen LogP contribution in [0.2, 0.25) is 0 Å². The van der Waals surface area contributed by atoms with E-state index in [4.69, 9.17) is 4.74 Å². The van der Waals surface area contributed by atoms with Gasteiger partial charge in [-0.05, 0) is 67.7 Å². The number of ether oxygens (including phenoxy) is 1. The molecule has 114 valence electrons. The fourth-order valence-electron chi connectivity index (χ4n) is 3.33. The highest BCUT2D eigenvalue weighted by Gasteiger charge is 2.22. The Labute approximate surface area is 125 Å². The first-order valence-electron chi connectivity index (χ1n) is 7.90. The molecule has 1 aromatic rings. The van der Waals surface area contributed by atoms with E-state index in [1.807, 2.05) is 6.07 Å². The summed E-state index contributed by atoms with van der Waals surface area (Å²) in [5, 5.41) is 12.3. The van der Waals surface area contributed by atoms with E-state index in [-0.39, 0.29) is 18.6 Å². The summed E-state index contributed by atoms with van der Waals surface area (Å²) in [6, 6.07) is 6.11. The Morgan fingerprint density at radius 2 is 2.14 bits per heavy atom. The van der Waals surface area contributed by atoms with Crippen LogP contribution in [0.15, 0.2) is 18.2 Å². The summed E-state index contributed by atoms with van der Waals surface area (Å²) in [4.78, 5) is 11.8. The van der Waals surface area contributed by atoms with Crippen molar-refractivity contribution in [3.8, 4) is 5.75 Å². The Hall–Kier alpha value is -1.55. The molecular weight excluding hydrogens is 266 g/mol. The first-order valence-corrected chi connectivity index (χ1v) is 7.90. The number of carbonyl (C=O) groups is 1. The van der Waals surface area contributed by atoms with Crippen molar-refractivity contribution in [2.45, 2.75) is 44.6 Å². The third-order valence-electron chi connectivity index (χ3n) is 4.54. The maximum absolute atomic E-state index is 11.8. The van der Waals surface area contributed by atoms with Gasteiger partial charge in [-0.2, -0.15) is 0 Å². The van der Waals surface area contributed by atoms with Gasteiger partial charge < -0.3 is 15.2 Å². The largest absolute Gasteiger partial charge is 0.484 e. The van der Waals surface area contributed by atoms with E-state index in [1.54, 1.807) is 0 Å². The van der Waals surface area contributed by atoms with Crippen molar-refractivity contribution in [3.63, 3.8) is 0 Å². The molecule has 0 saturated heterocycles. The van der Waals surface area contributed by atoms with E-state index >= 15 is 0 Å². The Kier molecular flexibility index (Phi) is 4.44. The second-order valence-electron chi connectivity index (χ2n) is 6.21. The van der Waals surface area contributed by atoms with Gasteiger partial charge in [0.1, 0.15) is 5.75 Å². The van der Waals surface area contributed by atoms with E-state index < -0.39 is 0 Å². The zero-order valence-corrected chi connectivity index (χ0v) is 12.3. The molecule has 21 heavy (non-hydrogen) atoms. The highest BCUT2D eigenvalue weighted by molar-refractivity contribution is 5.77. The third kappa shape index (κ3) is 3.76. The third-order valence-corrected chi connectivity index (χ3v) is 4.54. The fourth-order valence-corrected chi connectivity index (χ4v) is 3.33. The molecule has 1 saturated carbocycles. The predicted molar refractivity (Wildman–Crippen MR) is 80.3 cm³/mol. The Morgan fingerprint density at radius 1 is 1.29 bits per heavy atom. The minimum absolute atomic E-state index is 0.0636. The van der Waals surface area contributed by atoms with Crippen molar-refractivity contribution < 1.29 is 14.6 Å². The van der Waals surface area contributed by atoms with Crippen LogP contribution in [0.4, 0.5) is 0 Å². The zero-order valence-electron chi connectivity index (χ0n) is 12.3. The van der Waals surface area contributed by atoms with Crippen LogP contribution in [0.3, 0.4) is 0 Å². The molecule has 4 heteroatoms. The van der Waals surface area contributed by atoms with Crippen molar-refractivity contribution in [3.05, 3.63) is 29.3 Å². The van der Waals surface area contributed by atoms with E-state index in [1.165, 1.54) is 17.5 Å². The topological polar surface area (TPSA) is 58.6 Å². The molecule has 2 aliphatic rings.